The molecule has 1 aliphatic rings. The molecule has 0 saturated carbocycles. The molecule has 110 valence electrons. The van der Waals surface area contributed by atoms with Gasteiger partial charge in [-0.05, 0) is 51.0 Å². The fourth-order valence-electron chi connectivity index (χ4n) is 2.26. The van der Waals surface area contributed by atoms with E-state index in [2.05, 4.69) is 4.72 Å². The summed E-state index contributed by atoms with van der Waals surface area (Å²) in [6, 6.07) is 5.96. The Morgan fingerprint density at radius 2 is 1.70 bits per heavy atom. The lowest BCUT2D eigenvalue weighted by molar-refractivity contribution is 0.0792. The van der Waals surface area contributed by atoms with E-state index in [4.69, 9.17) is 0 Å². The van der Waals surface area contributed by atoms with Crippen molar-refractivity contribution in [2.75, 3.05) is 13.1 Å². The summed E-state index contributed by atoms with van der Waals surface area (Å²) in [5.41, 5.74) is 0.537. The first-order valence-corrected chi connectivity index (χ1v) is 8.30. The van der Waals surface area contributed by atoms with Gasteiger partial charge in [-0.3, -0.25) is 4.79 Å². The van der Waals surface area contributed by atoms with E-state index in [1.165, 1.54) is 12.1 Å². The van der Waals surface area contributed by atoms with Crippen LogP contribution < -0.4 is 4.72 Å². The third kappa shape index (κ3) is 3.37. The molecular formula is C14H20N2O3S. The minimum atomic E-state index is -3.50. The van der Waals surface area contributed by atoms with Gasteiger partial charge in [0.2, 0.25) is 10.0 Å². The summed E-state index contributed by atoms with van der Waals surface area (Å²) in [5.74, 6) is -0.0248. The highest BCUT2D eigenvalue weighted by Crippen LogP contribution is 2.15. The van der Waals surface area contributed by atoms with Crippen LogP contribution in [-0.2, 0) is 10.0 Å². The van der Waals surface area contributed by atoms with E-state index in [-0.39, 0.29) is 16.8 Å². The molecule has 2 rings (SSSR count). The Labute approximate surface area is 120 Å². The number of carbonyl (C=O) groups is 1. The fourth-order valence-corrected chi connectivity index (χ4v) is 3.51. The number of nitrogens with zero attached hydrogens (tertiary/aromatic N) is 1. The van der Waals surface area contributed by atoms with Crippen molar-refractivity contribution in [3.8, 4) is 0 Å². The van der Waals surface area contributed by atoms with Gasteiger partial charge in [-0.25, -0.2) is 13.1 Å². The molecule has 0 unspecified atom stereocenters. The average molecular weight is 296 g/mol. The molecule has 6 heteroatoms. The second-order valence-corrected chi connectivity index (χ2v) is 7.01. The van der Waals surface area contributed by atoms with Gasteiger partial charge < -0.3 is 4.90 Å². The zero-order chi connectivity index (χ0) is 14.8. The Morgan fingerprint density at radius 1 is 1.15 bits per heavy atom. The van der Waals surface area contributed by atoms with Gasteiger partial charge in [0.25, 0.3) is 5.91 Å². The number of sulfonamides is 1. The van der Waals surface area contributed by atoms with Crippen molar-refractivity contribution in [3.63, 3.8) is 0 Å². The van der Waals surface area contributed by atoms with Crippen LogP contribution in [0.4, 0.5) is 0 Å². The zero-order valence-corrected chi connectivity index (χ0v) is 12.6. The molecule has 0 spiro atoms. The first-order chi connectivity index (χ1) is 9.40. The minimum absolute atomic E-state index is 0.0248. The minimum Gasteiger partial charge on any atom is -0.339 e. The molecule has 1 aliphatic heterocycles. The van der Waals surface area contributed by atoms with E-state index in [1.807, 2.05) is 0 Å². The normalized spacial score (nSPS) is 15.8. The van der Waals surface area contributed by atoms with Crippen LogP contribution in [0.15, 0.2) is 29.2 Å². The largest absolute Gasteiger partial charge is 0.339 e. The number of likely N-dealkylation sites (tertiary alicyclic amines) is 1. The molecule has 1 fully saturated rings. The predicted molar refractivity (Wildman–Crippen MR) is 77.0 cm³/mol. The second kappa shape index (κ2) is 5.93. The lowest BCUT2D eigenvalue weighted by Gasteiger charge is -2.15. The monoisotopic (exact) mass is 296 g/mol. The SMILES string of the molecule is CC(C)NS(=O)(=O)c1ccc(C(=O)N2CCCC2)cc1. The van der Waals surface area contributed by atoms with Crippen molar-refractivity contribution >= 4 is 15.9 Å². The summed E-state index contributed by atoms with van der Waals surface area (Å²) < 4.78 is 26.5. The maximum absolute atomic E-state index is 12.1. The number of rotatable bonds is 4. The molecule has 1 N–H and O–H groups in total. The molecule has 1 saturated heterocycles. The summed E-state index contributed by atoms with van der Waals surface area (Å²) >= 11 is 0. The topological polar surface area (TPSA) is 66.5 Å². The molecule has 0 aliphatic carbocycles. The summed E-state index contributed by atoms with van der Waals surface area (Å²) in [6.07, 6.45) is 2.08. The zero-order valence-electron chi connectivity index (χ0n) is 11.8. The number of hydrogen-bond acceptors (Lipinski definition) is 3. The quantitative estimate of drug-likeness (QED) is 0.918. The maximum atomic E-state index is 12.1. The third-order valence-electron chi connectivity index (χ3n) is 3.20. The van der Waals surface area contributed by atoms with Gasteiger partial charge in [-0.2, -0.15) is 0 Å². The molecule has 20 heavy (non-hydrogen) atoms. The van der Waals surface area contributed by atoms with Crippen molar-refractivity contribution < 1.29 is 13.2 Å². The lowest BCUT2D eigenvalue weighted by atomic mass is 10.2. The number of hydrogen-bond donors (Lipinski definition) is 1. The van der Waals surface area contributed by atoms with Crippen molar-refractivity contribution in [2.24, 2.45) is 0 Å². The van der Waals surface area contributed by atoms with Crippen molar-refractivity contribution in [1.29, 1.82) is 0 Å². The molecule has 0 radical (unpaired) electrons. The van der Waals surface area contributed by atoms with Crippen LogP contribution in [0.1, 0.15) is 37.0 Å². The van der Waals surface area contributed by atoms with E-state index in [0.29, 0.717) is 5.56 Å². The Bertz CT molecular complexity index is 573. The Balaban J connectivity index is 2.15. The number of carbonyl (C=O) groups excluding carboxylic acids is 1. The smallest absolute Gasteiger partial charge is 0.253 e. The van der Waals surface area contributed by atoms with Crippen LogP contribution in [0.2, 0.25) is 0 Å². The van der Waals surface area contributed by atoms with Crippen LogP contribution in [0.5, 0.6) is 0 Å². The average Bonchev–Trinajstić information content (AvgIpc) is 2.90. The Kier molecular flexibility index (Phi) is 4.45. The fraction of sp³-hybridized carbons (Fsp3) is 0.500. The molecule has 1 aromatic rings. The molecular weight excluding hydrogens is 276 g/mol. The van der Waals surface area contributed by atoms with Gasteiger partial charge in [0.15, 0.2) is 0 Å². The lowest BCUT2D eigenvalue weighted by Crippen LogP contribution is -2.30. The van der Waals surface area contributed by atoms with Gasteiger partial charge in [-0.15, -0.1) is 0 Å². The Hall–Kier alpha value is -1.40. The summed E-state index contributed by atoms with van der Waals surface area (Å²) in [6.45, 7) is 5.10. The number of amides is 1. The van der Waals surface area contributed by atoms with Crippen molar-refractivity contribution in [3.05, 3.63) is 29.8 Å². The highest BCUT2D eigenvalue weighted by atomic mass is 32.2. The van der Waals surface area contributed by atoms with Crippen LogP contribution in [0, 0.1) is 0 Å². The van der Waals surface area contributed by atoms with E-state index >= 15 is 0 Å². The standard InChI is InChI=1S/C14H20N2O3S/c1-11(2)15-20(18,19)13-7-5-12(6-8-13)14(17)16-9-3-4-10-16/h5-8,11,15H,3-4,9-10H2,1-2H3. The highest BCUT2D eigenvalue weighted by Gasteiger charge is 2.20. The second-order valence-electron chi connectivity index (χ2n) is 5.30. The van der Waals surface area contributed by atoms with Gasteiger partial charge >= 0.3 is 0 Å². The maximum Gasteiger partial charge on any atom is 0.253 e. The van der Waals surface area contributed by atoms with Crippen molar-refractivity contribution in [2.45, 2.75) is 37.6 Å². The van der Waals surface area contributed by atoms with Crippen LogP contribution in [0.25, 0.3) is 0 Å². The van der Waals surface area contributed by atoms with Gasteiger partial charge in [0, 0.05) is 24.7 Å². The highest BCUT2D eigenvalue weighted by molar-refractivity contribution is 7.89. The summed E-state index contributed by atoms with van der Waals surface area (Å²) in [4.78, 5) is 14.1. The molecule has 0 aromatic heterocycles. The van der Waals surface area contributed by atoms with E-state index in [9.17, 15) is 13.2 Å². The molecule has 5 nitrogen and oxygen atoms in total. The molecule has 1 heterocycles. The Morgan fingerprint density at radius 3 is 2.20 bits per heavy atom. The van der Waals surface area contributed by atoms with Crippen LogP contribution >= 0.6 is 0 Å². The van der Waals surface area contributed by atoms with Gasteiger partial charge in [0.05, 0.1) is 4.90 Å². The van der Waals surface area contributed by atoms with Gasteiger partial charge in [0.1, 0.15) is 0 Å². The third-order valence-corrected chi connectivity index (χ3v) is 4.87. The van der Waals surface area contributed by atoms with E-state index in [0.717, 1.165) is 25.9 Å². The number of benzene rings is 1. The summed E-state index contributed by atoms with van der Waals surface area (Å²) in [5, 5.41) is 0. The van der Waals surface area contributed by atoms with Crippen molar-refractivity contribution in [1.82, 2.24) is 9.62 Å². The molecule has 0 bridgehead atoms. The first kappa shape index (κ1) is 15.0. The van der Waals surface area contributed by atoms with Crippen LogP contribution in [-0.4, -0.2) is 38.4 Å². The van der Waals surface area contributed by atoms with Crippen LogP contribution in [0.3, 0.4) is 0 Å². The molecule has 1 aromatic carbocycles. The van der Waals surface area contributed by atoms with Gasteiger partial charge in [-0.1, -0.05) is 0 Å². The number of nitrogens with one attached hydrogen (secondary N) is 1. The van der Waals surface area contributed by atoms with E-state index < -0.39 is 10.0 Å². The molecule has 1 amide bonds. The predicted octanol–water partition coefficient (Wildman–Crippen LogP) is 1.61. The van der Waals surface area contributed by atoms with E-state index in [1.54, 1.807) is 30.9 Å². The summed E-state index contributed by atoms with van der Waals surface area (Å²) in [7, 11) is -3.50. The molecule has 0 atom stereocenters. The first-order valence-electron chi connectivity index (χ1n) is 6.82.